The molecule has 0 aromatic heterocycles. The molecule has 16 heavy (non-hydrogen) atoms. The Morgan fingerprint density at radius 2 is 2.06 bits per heavy atom. The number of nitrogens with two attached hydrogens (primary N) is 1. The number of piperidine rings is 1. The van der Waals surface area contributed by atoms with E-state index in [-0.39, 0.29) is 13.0 Å². The van der Waals surface area contributed by atoms with E-state index in [2.05, 4.69) is 0 Å². The topological polar surface area (TPSA) is 55.6 Å². The van der Waals surface area contributed by atoms with Gasteiger partial charge in [0.15, 0.2) is 0 Å². The fourth-order valence-corrected chi connectivity index (χ4v) is 1.26. The average Bonchev–Trinajstić information content (AvgIpc) is 2.09. The number of hydrogen-bond acceptors (Lipinski definition) is 4. The number of halogens is 2. The van der Waals surface area contributed by atoms with Crippen molar-refractivity contribution < 1.29 is 18.4 Å². The number of hydrogen-bond donors (Lipinski definition) is 1. The third-order valence-electron chi connectivity index (χ3n) is 2.44. The molecular weight excluding hydrogens is 218 g/mol. The number of carbonyl (C=O) groups is 1. The van der Waals surface area contributed by atoms with E-state index >= 15 is 0 Å². The van der Waals surface area contributed by atoms with Gasteiger partial charge < -0.3 is 10.6 Å². The Kier molecular flexibility index (Phi) is 3.54. The largest absolute Gasteiger partial charge is 0.367 e. The first-order valence-electron chi connectivity index (χ1n) is 5.24. The summed E-state index contributed by atoms with van der Waals surface area (Å²) in [5.74, 6) is -3.52. The first-order valence-corrected chi connectivity index (χ1v) is 5.24. The Hall–Kier alpha value is -0.750. The van der Waals surface area contributed by atoms with Gasteiger partial charge in [0.25, 0.3) is 5.92 Å². The summed E-state index contributed by atoms with van der Waals surface area (Å²) in [6.07, 6.45) is 0.115. The molecule has 1 aliphatic rings. The van der Waals surface area contributed by atoms with E-state index in [0.717, 1.165) is 5.06 Å². The minimum absolute atomic E-state index is 0.115. The summed E-state index contributed by atoms with van der Waals surface area (Å²) in [5, 5.41) is 0.997. The van der Waals surface area contributed by atoms with Gasteiger partial charge in [0.1, 0.15) is 6.54 Å². The molecule has 4 nitrogen and oxygen atoms in total. The molecule has 0 spiro atoms. The molecular formula is C10H18F2N2O2. The quantitative estimate of drug-likeness (QED) is 0.742. The maximum absolute atomic E-state index is 13.2. The number of carbonyl (C=O) groups excluding carboxylic acids is 1. The molecule has 2 N–H and O–H groups in total. The molecule has 0 radical (unpaired) electrons. The molecule has 1 unspecified atom stereocenters. The highest BCUT2D eigenvalue weighted by Crippen LogP contribution is 2.27. The second-order valence-electron chi connectivity index (χ2n) is 5.15. The van der Waals surface area contributed by atoms with Crippen molar-refractivity contribution in [3.05, 3.63) is 0 Å². The Morgan fingerprint density at radius 1 is 1.50 bits per heavy atom. The molecule has 1 fully saturated rings. The van der Waals surface area contributed by atoms with Gasteiger partial charge in [-0.05, 0) is 27.2 Å². The Morgan fingerprint density at radius 3 is 2.50 bits per heavy atom. The highest BCUT2D eigenvalue weighted by molar-refractivity contribution is 5.75. The van der Waals surface area contributed by atoms with Crippen LogP contribution in [0.25, 0.3) is 0 Å². The summed E-state index contributed by atoms with van der Waals surface area (Å²) in [4.78, 5) is 16.4. The van der Waals surface area contributed by atoms with Gasteiger partial charge >= 0.3 is 5.97 Å². The fourth-order valence-electron chi connectivity index (χ4n) is 1.26. The van der Waals surface area contributed by atoms with Crippen LogP contribution in [-0.4, -0.2) is 36.1 Å². The van der Waals surface area contributed by atoms with Crippen LogP contribution in [0.1, 0.15) is 27.2 Å². The lowest BCUT2D eigenvalue weighted by Crippen LogP contribution is -2.55. The van der Waals surface area contributed by atoms with Crippen LogP contribution < -0.4 is 5.73 Å². The van der Waals surface area contributed by atoms with E-state index in [4.69, 9.17) is 10.6 Å². The van der Waals surface area contributed by atoms with Crippen molar-refractivity contribution in [1.82, 2.24) is 5.06 Å². The maximum Gasteiger partial charge on any atom is 0.330 e. The van der Waals surface area contributed by atoms with Crippen molar-refractivity contribution in [2.75, 3.05) is 13.1 Å². The highest BCUT2D eigenvalue weighted by atomic mass is 19.3. The summed E-state index contributed by atoms with van der Waals surface area (Å²) in [6.45, 7) is 4.63. The number of rotatable bonds is 1. The minimum atomic E-state index is -3.00. The summed E-state index contributed by atoms with van der Waals surface area (Å²) < 4.78 is 26.5. The van der Waals surface area contributed by atoms with Gasteiger partial charge in [-0.2, -0.15) is 0 Å². The zero-order chi connectivity index (χ0) is 12.6. The van der Waals surface area contributed by atoms with Crippen LogP contribution in [0.5, 0.6) is 0 Å². The van der Waals surface area contributed by atoms with Crippen LogP contribution in [0.3, 0.4) is 0 Å². The molecule has 94 valence electrons. The van der Waals surface area contributed by atoms with Crippen molar-refractivity contribution >= 4 is 5.97 Å². The van der Waals surface area contributed by atoms with Crippen molar-refractivity contribution in [1.29, 1.82) is 0 Å². The third-order valence-corrected chi connectivity index (χ3v) is 2.44. The lowest BCUT2D eigenvalue weighted by molar-refractivity contribution is -0.230. The Balaban J connectivity index is 2.55. The van der Waals surface area contributed by atoms with Gasteiger partial charge in [-0.3, -0.25) is 0 Å². The fraction of sp³-hybridized carbons (Fsp3) is 0.900. The van der Waals surface area contributed by atoms with Crippen LogP contribution in [0, 0.1) is 5.41 Å². The lowest BCUT2D eigenvalue weighted by Gasteiger charge is -2.36. The third kappa shape index (κ3) is 3.12. The van der Waals surface area contributed by atoms with Crippen LogP contribution in [0.2, 0.25) is 0 Å². The summed E-state index contributed by atoms with van der Waals surface area (Å²) in [5.41, 5.74) is 4.57. The molecule has 0 aromatic carbocycles. The van der Waals surface area contributed by atoms with Crippen molar-refractivity contribution in [3.8, 4) is 0 Å². The van der Waals surface area contributed by atoms with E-state index in [1.165, 1.54) is 0 Å². The van der Waals surface area contributed by atoms with Crippen molar-refractivity contribution in [3.63, 3.8) is 0 Å². The lowest BCUT2D eigenvalue weighted by atomic mass is 9.97. The molecule has 0 amide bonds. The SMILES string of the molecule is CC(C)(C)C(=O)ON1CCC(N)C(F)(F)C1. The Bertz CT molecular complexity index is 276. The summed E-state index contributed by atoms with van der Waals surface area (Å²) in [6, 6.07) is -1.16. The zero-order valence-corrected chi connectivity index (χ0v) is 9.80. The normalized spacial score (nSPS) is 26.5. The predicted octanol–water partition coefficient (Wildman–Crippen LogP) is 1.16. The molecule has 1 heterocycles. The zero-order valence-electron chi connectivity index (χ0n) is 9.80. The van der Waals surface area contributed by atoms with E-state index in [1.54, 1.807) is 20.8 Å². The first-order chi connectivity index (χ1) is 7.13. The van der Waals surface area contributed by atoms with E-state index in [0.29, 0.717) is 0 Å². The summed E-state index contributed by atoms with van der Waals surface area (Å²) in [7, 11) is 0. The van der Waals surface area contributed by atoms with Gasteiger partial charge in [0, 0.05) is 6.54 Å². The van der Waals surface area contributed by atoms with Crippen LogP contribution in [-0.2, 0) is 9.63 Å². The van der Waals surface area contributed by atoms with Gasteiger partial charge in [0.05, 0.1) is 11.5 Å². The molecule has 1 aliphatic heterocycles. The van der Waals surface area contributed by atoms with E-state index in [1.807, 2.05) is 0 Å². The monoisotopic (exact) mass is 236 g/mol. The molecule has 0 bridgehead atoms. The highest BCUT2D eigenvalue weighted by Gasteiger charge is 2.44. The molecule has 6 heteroatoms. The van der Waals surface area contributed by atoms with E-state index in [9.17, 15) is 13.6 Å². The van der Waals surface area contributed by atoms with Gasteiger partial charge in [-0.15, -0.1) is 5.06 Å². The molecule has 0 saturated carbocycles. The predicted molar refractivity (Wildman–Crippen MR) is 54.7 cm³/mol. The minimum Gasteiger partial charge on any atom is -0.367 e. The van der Waals surface area contributed by atoms with Crippen LogP contribution >= 0.6 is 0 Å². The Labute approximate surface area is 93.7 Å². The standard InChI is InChI=1S/C10H18F2N2O2/c1-9(2,3)8(15)16-14-5-4-7(13)10(11,12)6-14/h7H,4-6,13H2,1-3H3. The first kappa shape index (κ1) is 13.3. The number of alkyl halides is 2. The van der Waals surface area contributed by atoms with Crippen molar-refractivity contribution in [2.24, 2.45) is 11.1 Å². The van der Waals surface area contributed by atoms with Gasteiger partial charge in [-0.25, -0.2) is 13.6 Å². The summed E-state index contributed by atoms with van der Waals surface area (Å²) >= 11 is 0. The number of hydroxylamine groups is 2. The molecule has 1 atom stereocenters. The maximum atomic E-state index is 13.2. The van der Waals surface area contributed by atoms with E-state index < -0.39 is 29.9 Å². The second-order valence-corrected chi connectivity index (χ2v) is 5.15. The van der Waals surface area contributed by atoms with Gasteiger partial charge in [0.2, 0.25) is 0 Å². The van der Waals surface area contributed by atoms with Crippen LogP contribution in [0.4, 0.5) is 8.78 Å². The molecule has 1 saturated heterocycles. The molecule has 0 aromatic rings. The smallest absolute Gasteiger partial charge is 0.330 e. The van der Waals surface area contributed by atoms with Gasteiger partial charge in [-0.1, -0.05) is 0 Å². The van der Waals surface area contributed by atoms with Crippen molar-refractivity contribution in [2.45, 2.75) is 39.2 Å². The number of nitrogens with zero attached hydrogens (tertiary/aromatic N) is 1. The molecule has 0 aliphatic carbocycles. The molecule has 1 rings (SSSR count). The van der Waals surface area contributed by atoms with Crippen LogP contribution in [0.15, 0.2) is 0 Å². The second kappa shape index (κ2) is 4.25. The average molecular weight is 236 g/mol.